The van der Waals surface area contributed by atoms with Crippen molar-refractivity contribution in [1.82, 2.24) is 0 Å². The van der Waals surface area contributed by atoms with Gasteiger partial charge in [-0.3, -0.25) is 14.8 Å². The van der Waals surface area contributed by atoms with Crippen LogP contribution in [0.2, 0.25) is 5.02 Å². The molecule has 0 amide bonds. The van der Waals surface area contributed by atoms with Gasteiger partial charge in [0.05, 0.1) is 20.4 Å². The Bertz CT molecular complexity index is 897. The zero-order valence-electron chi connectivity index (χ0n) is 11.3. The molecule has 2 aromatic rings. The lowest BCUT2D eigenvalue weighted by Crippen LogP contribution is -2.13. The second kappa shape index (κ2) is 6.23. The highest BCUT2D eigenvalue weighted by Gasteiger charge is 2.19. The molecule has 10 heteroatoms. The molecule has 0 radical (unpaired) electrons. The summed E-state index contributed by atoms with van der Waals surface area (Å²) in [6, 6.07) is 8.04. The Hall–Kier alpha value is -2.65. The van der Waals surface area contributed by atoms with E-state index in [1.165, 1.54) is 24.3 Å². The van der Waals surface area contributed by atoms with Gasteiger partial charge in [0, 0.05) is 17.8 Å². The SMILES string of the molecule is O=C(O)c1cc(NS(=O)(=O)c2cccc([N+](=O)[O-])c2)ccc1Cl. The number of hydrogen-bond donors (Lipinski definition) is 2. The number of carboxylic acid groups (broad SMARTS) is 1. The molecule has 0 aliphatic carbocycles. The summed E-state index contributed by atoms with van der Waals surface area (Å²) in [5.41, 5.74) is -0.681. The van der Waals surface area contributed by atoms with Crippen LogP contribution in [0.15, 0.2) is 47.4 Å². The van der Waals surface area contributed by atoms with E-state index in [1.807, 2.05) is 0 Å². The fourth-order valence-electron chi connectivity index (χ4n) is 1.73. The number of nitrogens with one attached hydrogen (secondary N) is 1. The van der Waals surface area contributed by atoms with Gasteiger partial charge in [-0.15, -0.1) is 0 Å². The minimum Gasteiger partial charge on any atom is -0.478 e. The molecule has 0 aromatic heterocycles. The fraction of sp³-hybridized carbons (Fsp3) is 0. The predicted octanol–water partition coefficient (Wildman–Crippen LogP) is 2.75. The van der Waals surface area contributed by atoms with Crippen LogP contribution in [0.25, 0.3) is 0 Å². The predicted molar refractivity (Wildman–Crippen MR) is 82.3 cm³/mol. The number of benzene rings is 2. The number of aromatic carboxylic acids is 1. The molecule has 0 fully saturated rings. The Morgan fingerprint density at radius 1 is 1.22 bits per heavy atom. The van der Waals surface area contributed by atoms with Gasteiger partial charge >= 0.3 is 5.97 Å². The summed E-state index contributed by atoms with van der Waals surface area (Å²) in [5.74, 6) is -1.31. The Labute approximate surface area is 135 Å². The molecule has 23 heavy (non-hydrogen) atoms. The van der Waals surface area contributed by atoms with Gasteiger partial charge in [0.1, 0.15) is 0 Å². The average molecular weight is 357 g/mol. The van der Waals surface area contributed by atoms with Crippen LogP contribution in [0.4, 0.5) is 11.4 Å². The van der Waals surface area contributed by atoms with Gasteiger partial charge < -0.3 is 5.11 Å². The summed E-state index contributed by atoms with van der Waals surface area (Å²) < 4.78 is 26.6. The summed E-state index contributed by atoms with van der Waals surface area (Å²) in [6.45, 7) is 0. The minimum atomic E-state index is -4.12. The first kappa shape index (κ1) is 16.7. The maximum Gasteiger partial charge on any atom is 0.337 e. The highest BCUT2D eigenvalue weighted by molar-refractivity contribution is 7.92. The van der Waals surface area contributed by atoms with Crippen molar-refractivity contribution in [1.29, 1.82) is 0 Å². The lowest BCUT2D eigenvalue weighted by Gasteiger charge is -2.09. The third kappa shape index (κ3) is 3.76. The number of non-ortho nitro benzene ring substituents is 1. The molecule has 8 nitrogen and oxygen atoms in total. The molecular formula is C13H9ClN2O6S. The van der Waals surface area contributed by atoms with Crippen molar-refractivity contribution in [3.63, 3.8) is 0 Å². The van der Waals surface area contributed by atoms with E-state index in [-0.39, 0.29) is 26.9 Å². The molecule has 2 aromatic carbocycles. The molecule has 0 saturated carbocycles. The number of carboxylic acids is 1. The van der Waals surface area contributed by atoms with E-state index in [1.54, 1.807) is 0 Å². The lowest BCUT2D eigenvalue weighted by molar-refractivity contribution is -0.385. The third-order valence-corrected chi connectivity index (χ3v) is 4.50. The van der Waals surface area contributed by atoms with Crippen LogP contribution >= 0.6 is 11.6 Å². The number of nitrogens with zero attached hydrogens (tertiary/aromatic N) is 1. The van der Waals surface area contributed by atoms with Crippen molar-refractivity contribution in [3.8, 4) is 0 Å². The number of nitro benzene ring substituents is 1. The number of carbonyl (C=O) groups is 1. The van der Waals surface area contributed by atoms with Crippen LogP contribution in [0.5, 0.6) is 0 Å². The molecule has 120 valence electrons. The third-order valence-electron chi connectivity index (χ3n) is 2.79. The van der Waals surface area contributed by atoms with Crippen molar-refractivity contribution in [2.45, 2.75) is 4.90 Å². The minimum absolute atomic E-state index is 0.0293. The highest BCUT2D eigenvalue weighted by atomic mass is 35.5. The molecule has 0 heterocycles. The van der Waals surface area contributed by atoms with E-state index in [0.29, 0.717) is 0 Å². The van der Waals surface area contributed by atoms with E-state index in [2.05, 4.69) is 4.72 Å². The molecule has 0 spiro atoms. The van der Waals surface area contributed by atoms with Gasteiger partial charge in [-0.1, -0.05) is 17.7 Å². The number of sulfonamides is 1. The summed E-state index contributed by atoms with van der Waals surface area (Å²) in [7, 11) is -4.12. The average Bonchev–Trinajstić information content (AvgIpc) is 2.49. The molecule has 2 rings (SSSR count). The van der Waals surface area contributed by atoms with Crippen LogP contribution in [0.3, 0.4) is 0 Å². The maximum absolute atomic E-state index is 12.2. The normalized spacial score (nSPS) is 11.0. The van der Waals surface area contributed by atoms with Crippen molar-refractivity contribution < 1.29 is 23.2 Å². The smallest absolute Gasteiger partial charge is 0.337 e. The summed E-state index contributed by atoms with van der Waals surface area (Å²) in [5, 5.41) is 19.6. The Morgan fingerprint density at radius 2 is 1.91 bits per heavy atom. The van der Waals surface area contributed by atoms with E-state index >= 15 is 0 Å². The molecule has 0 aliphatic rings. The van der Waals surface area contributed by atoms with Crippen LogP contribution in [-0.4, -0.2) is 24.4 Å². The Morgan fingerprint density at radius 3 is 2.52 bits per heavy atom. The molecular weight excluding hydrogens is 348 g/mol. The Balaban J connectivity index is 2.39. The van der Waals surface area contributed by atoms with Crippen molar-refractivity contribution in [3.05, 3.63) is 63.2 Å². The largest absolute Gasteiger partial charge is 0.478 e. The molecule has 0 unspecified atom stereocenters. The maximum atomic E-state index is 12.2. The molecule has 2 N–H and O–H groups in total. The monoisotopic (exact) mass is 356 g/mol. The molecule has 0 bridgehead atoms. The van der Waals surface area contributed by atoms with Gasteiger partial charge in [0.2, 0.25) is 0 Å². The quantitative estimate of drug-likeness (QED) is 0.626. The standard InChI is InChI=1S/C13H9ClN2O6S/c14-12-5-4-8(6-11(12)13(17)18)15-23(21,22)10-3-1-2-9(7-10)16(19)20/h1-7,15H,(H,17,18). The van der Waals surface area contributed by atoms with E-state index in [0.717, 1.165) is 18.2 Å². The van der Waals surface area contributed by atoms with Crippen LogP contribution in [0, 0.1) is 10.1 Å². The number of anilines is 1. The zero-order chi connectivity index (χ0) is 17.2. The molecule has 0 atom stereocenters. The van der Waals surface area contributed by atoms with Crippen molar-refractivity contribution in [2.75, 3.05) is 4.72 Å². The van der Waals surface area contributed by atoms with Gasteiger partial charge in [-0.2, -0.15) is 0 Å². The van der Waals surface area contributed by atoms with Gasteiger partial charge in [0.15, 0.2) is 0 Å². The van der Waals surface area contributed by atoms with Crippen LogP contribution < -0.4 is 4.72 Å². The number of rotatable bonds is 5. The highest BCUT2D eigenvalue weighted by Crippen LogP contribution is 2.24. The van der Waals surface area contributed by atoms with Gasteiger partial charge in [0.25, 0.3) is 15.7 Å². The first-order valence-corrected chi connectivity index (χ1v) is 7.87. The zero-order valence-corrected chi connectivity index (χ0v) is 12.8. The topological polar surface area (TPSA) is 127 Å². The van der Waals surface area contributed by atoms with Crippen LogP contribution in [-0.2, 0) is 10.0 Å². The first-order chi connectivity index (χ1) is 10.7. The van der Waals surface area contributed by atoms with Gasteiger partial charge in [-0.25, -0.2) is 13.2 Å². The number of halogens is 1. The number of nitro groups is 1. The Kier molecular flexibility index (Phi) is 4.52. The second-order valence-electron chi connectivity index (χ2n) is 4.36. The van der Waals surface area contributed by atoms with E-state index in [9.17, 15) is 23.3 Å². The van der Waals surface area contributed by atoms with Crippen molar-refractivity contribution in [2.24, 2.45) is 0 Å². The van der Waals surface area contributed by atoms with Crippen LogP contribution in [0.1, 0.15) is 10.4 Å². The second-order valence-corrected chi connectivity index (χ2v) is 6.45. The first-order valence-electron chi connectivity index (χ1n) is 6.01. The lowest BCUT2D eigenvalue weighted by atomic mass is 10.2. The fourth-order valence-corrected chi connectivity index (χ4v) is 3.02. The van der Waals surface area contributed by atoms with E-state index in [4.69, 9.17) is 16.7 Å². The molecule has 0 saturated heterocycles. The van der Waals surface area contributed by atoms with Gasteiger partial charge in [-0.05, 0) is 24.3 Å². The molecule has 0 aliphatic heterocycles. The summed E-state index contributed by atoms with van der Waals surface area (Å²) >= 11 is 5.70. The number of hydrogen-bond acceptors (Lipinski definition) is 5. The summed E-state index contributed by atoms with van der Waals surface area (Å²) in [6.07, 6.45) is 0. The summed E-state index contributed by atoms with van der Waals surface area (Å²) in [4.78, 5) is 20.7. The van der Waals surface area contributed by atoms with E-state index < -0.39 is 20.9 Å². The van der Waals surface area contributed by atoms with Crippen molar-refractivity contribution >= 4 is 39.0 Å².